The predicted molar refractivity (Wildman–Crippen MR) is 119 cm³/mol. The third-order valence-electron chi connectivity index (χ3n) is 5.13. The lowest BCUT2D eigenvalue weighted by Gasteiger charge is -2.20. The number of hydrogen-bond donors (Lipinski definition) is 2. The van der Waals surface area contributed by atoms with Crippen LogP contribution in [0.25, 0.3) is 0 Å². The van der Waals surface area contributed by atoms with E-state index in [9.17, 15) is 0 Å². The Labute approximate surface area is 178 Å². The van der Waals surface area contributed by atoms with Crippen molar-refractivity contribution in [3.63, 3.8) is 0 Å². The minimum absolute atomic E-state index is 0.259. The van der Waals surface area contributed by atoms with Crippen LogP contribution in [0.3, 0.4) is 0 Å². The lowest BCUT2D eigenvalue weighted by molar-refractivity contribution is 0.198. The highest BCUT2D eigenvalue weighted by Gasteiger charge is 2.20. The van der Waals surface area contributed by atoms with E-state index in [-0.39, 0.29) is 6.10 Å². The van der Waals surface area contributed by atoms with Gasteiger partial charge in [-0.25, -0.2) is 4.99 Å². The van der Waals surface area contributed by atoms with Crippen molar-refractivity contribution in [1.29, 1.82) is 5.26 Å². The molecule has 0 heterocycles. The van der Waals surface area contributed by atoms with Gasteiger partial charge in [-0.15, -0.1) is 0 Å². The molecule has 1 fully saturated rings. The molecule has 0 saturated heterocycles. The van der Waals surface area contributed by atoms with E-state index < -0.39 is 0 Å². The summed E-state index contributed by atoms with van der Waals surface area (Å²) in [7, 11) is 1.68. The van der Waals surface area contributed by atoms with Gasteiger partial charge in [-0.05, 0) is 56.4 Å². The van der Waals surface area contributed by atoms with Crippen LogP contribution in [-0.4, -0.2) is 25.7 Å². The number of benzene rings is 2. The summed E-state index contributed by atoms with van der Waals surface area (Å²) in [5.41, 5.74) is 2.68. The Morgan fingerprint density at radius 2 is 1.97 bits per heavy atom. The summed E-state index contributed by atoms with van der Waals surface area (Å²) in [4.78, 5) is 4.66. The average Bonchev–Trinajstić information content (AvgIpc) is 3.29. The zero-order valence-electron chi connectivity index (χ0n) is 17.8. The summed E-state index contributed by atoms with van der Waals surface area (Å²) >= 11 is 0. The highest BCUT2D eigenvalue weighted by atomic mass is 16.5. The fourth-order valence-electron chi connectivity index (χ4n) is 3.60. The molecule has 3 rings (SSSR count). The SMILES string of the molecule is CCNC(=NCc1cccc(C#N)c1)NCc1cccc(OC)c1OC1CCCC1. The molecule has 2 aromatic carbocycles. The molecule has 1 saturated carbocycles. The van der Waals surface area contributed by atoms with E-state index in [4.69, 9.17) is 14.7 Å². The average molecular weight is 407 g/mol. The van der Waals surface area contributed by atoms with E-state index in [1.54, 1.807) is 13.2 Å². The Bertz CT molecular complexity index is 898. The van der Waals surface area contributed by atoms with Crippen LogP contribution in [0.15, 0.2) is 47.5 Å². The molecule has 158 valence electrons. The molecule has 0 unspecified atom stereocenters. The standard InChI is InChI=1S/C24H30N4O2/c1-3-26-24(27-16-19-9-6-8-18(14-19)15-25)28-17-20-10-7-13-22(29-2)23(20)30-21-11-4-5-12-21/h6-10,13-14,21H,3-5,11-12,16-17H2,1-2H3,(H2,26,27,28). The van der Waals surface area contributed by atoms with E-state index >= 15 is 0 Å². The Morgan fingerprint density at radius 3 is 2.70 bits per heavy atom. The summed E-state index contributed by atoms with van der Waals surface area (Å²) < 4.78 is 11.9. The molecule has 0 atom stereocenters. The van der Waals surface area contributed by atoms with Gasteiger partial charge < -0.3 is 20.1 Å². The number of nitriles is 1. The molecule has 1 aliphatic carbocycles. The zero-order valence-corrected chi connectivity index (χ0v) is 17.8. The van der Waals surface area contributed by atoms with Gasteiger partial charge in [-0.2, -0.15) is 5.26 Å². The van der Waals surface area contributed by atoms with E-state index in [0.29, 0.717) is 18.7 Å². The molecule has 6 nitrogen and oxygen atoms in total. The van der Waals surface area contributed by atoms with Crippen molar-refractivity contribution >= 4 is 5.96 Å². The van der Waals surface area contributed by atoms with Crippen molar-refractivity contribution in [1.82, 2.24) is 10.6 Å². The first-order valence-electron chi connectivity index (χ1n) is 10.6. The van der Waals surface area contributed by atoms with Crippen LogP contribution >= 0.6 is 0 Å². The Kier molecular flexibility index (Phi) is 7.96. The summed E-state index contributed by atoms with van der Waals surface area (Å²) in [6.07, 6.45) is 4.89. The molecule has 0 aliphatic heterocycles. The summed E-state index contributed by atoms with van der Waals surface area (Å²) in [5, 5.41) is 15.7. The molecule has 2 N–H and O–H groups in total. The first kappa shape index (κ1) is 21.5. The molecule has 6 heteroatoms. The Hall–Kier alpha value is -3.20. The maximum Gasteiger partial charge on any atom is 0.191 e. The van der Waals surface area contributed by atoms with Crippen LogP contribution in [0, 0.1) is 11.3 Å². The van der Waals surface area contributed by atoms with Gasteiger partial charge in [0.2, 0.25) is 0 Å². The van der Waals surface area contributed by atoms with Gasteiger partial charge in [0.1, 0.15) is 0 Å². The lowest BCUT2D eigenvalue weighted by Crippen LogP contribution is -2.37. The minimum atomic E-state index is 0.259. The van der Waals surface area contributed by atoms with Crippen LogP contribution in [0.5, 0.6) is 11.5 Å². The second-order valence-electron chi connectivity index (χ2n) is 7.33. The highest BCUT2D eigenvalue weighted by molar-refractivity contribution is 5.79. The Balaban J connectivity index is 1.71. The van der Waals surface area contributed by atoms with Crippen LogP contribution in [-0.2, 0) is 13.1 Å². The molecule has 0 radical (unpaired) electrons. The van der Waals surface area contributed by atoms with Gasteiger partial charge in [0.05, 0.1) is 31.4 Å². The monoisotopic (exact) mass is 406 g/mol. The number of ether oxygens (including phenoxy) is 2. The molecule has 0 bridgehead atoms. The van der Waals surface area contributed by atoms with Gasteiger partial charge in [0.25, 0.3) is 0 Å². The van der Waals surface area contributed by atoms with Gasteiger partial charge >= 0.3 is 0 Å². The highest BCUT2D eigenvalue weighted by Crippen LogP contribution is 2.34. The summed E-state index contributed by atoms with van der Waals surface area (Å²) in [6, 6.07) is 15.7. The molecular weight excluding hydrogens is 376 g/mol. The van der Waals surface area contributed by atoms with E-state index in [0.717, 1.165) is 48.0 Å². The molecular formula is C24H30N4O2. The third-order valence-corrected chi connectivity index (χ3v) is 5.13. The van der Waals surface area contributed by atoms with Crippen molar-refractivity contribution in [3.8, 4) is 17.6 Å². The number of rotatable bonds is 8. The number of methoxy groups -OCH3 is 1. The fraction of sp³-hybridized carbons (Fsp3) is 0.417. The Morgan fingerprint density at radius 1 is 1.17 bits per heavy atom. The smallest absolute Gasteiger partial charge is 0.191 e. The molecule has 30 heavy (non-hydrogen) atoms. The second kappa shape index (κ2) is 11.1. The summed E-state index contributed by atoms with van der Waals surface area (Å²) in [5.74, 6) is 2.29. The predicted octanol–water partition coefficient (Wildman–Crippen LogP) is 4.14. The largest absolute Gasteiger partial charge is 0.493 e. The minimum Gasteiger partial charge on any atom is -0.493 e. The number of nitrogens with one attached hydrogen (secondary N) is 2. The van der Waals surface area contributed by atoms with Crippen LogP contribution < -0.4 is 20.1 Å². The number of aliphatic imine (C=N–C) groups is 1. The van der Waals surface area contributed by atoms with Crippen molar-refractivity contribution in [2.45, 2.75) is 51.8 Å². The zero-order chi connectivity index (χ0) is 21.2. The fourth-order valence-corrected chi connectivity index (χ4v) is 3.60. The third kappa shape index (κ3) is 5.90. The second-order valence-corrected chi connectivity index (χ2v) is 7.33. The topological polar surface area (TPSA) is 78.7 Å². The van der Waals surface area contributed by atoms with Crippen LogP contribution in [0.1, 0.15) is 49.3 Å². The van der Waals surface area contributed by atoms with Gasteiger partial charge in [-0.1, -0.05) is 24.3 Å². The number of guanidine groups is 1. The number of para-hydroxylation sites is 1. The van der Waals surface area contributed by atoms with Crippen LogP contribution in [0.2, 0.25) is 0 Å². The maximum atomic E-state index is 9.07. The van der Waals surface area contributed by atoms with E-state index in [1.165, 1.54) is 12.8 Å². The van der Waals surface area contributed by atoms with E-state index in [2.05, 4.69) is 27.8 Å². The van der Waals surface area contributed by atoms with Crippen molar-refractivity contribution in [3.05, 3.63) is 59.2 Å². The number of nitrogens with zero attached hydrogens (tertiary/aromatic N) is 2. The normalized spacial score (nSPS) is 14.2. The quantitative estimate of drug-likeness (QED) is 0.509. The molecule has 2 aromatic rings. The van der Waals surface area contributed by atoms with Gasteiger partial charge in [0.15, 0.2) is 17.5 Å². The number of hydrogen-bond acceptors (Lipinski definition) is 4. The molecule has 1 aliphatic rings. The van der Waals surface area contributed by atoms with Gasteiger partial charge in [0, 0.05) is 18.7 Å². The molecule has 0 amide bonds. The molecule has 0 spiro atoms. The van der Waals surface area contributed by atoms with E-state index in [1.807, 2.05) is 37.3 Å². The van der Waals surface area contributed by atoms with Crippen LogP contribution in [0.4, 0.5) is 0 Å². The molecule has 0 aromatic heterocycles. The summed E-state index contributed by atoms with van der Waals surface area (Å²) in [6.45, 7) is 3.86. The van der Waals surface area contributed by atoms with Gasteiger partial charge in [-0.3, -0.25) is 0 Å². The first-order chi connectivity index (χ1) is 14.7. The van der Waals surface area contributed by atoms with Crippen molar-refractivity contribution in [2.24, 2.45) is 4.99 Å². The van der Waals surface area contributed by atoms with Crippen molar-refractivity contribution in [2.75, 3.05) is 13.7 Å². The first-order valence-corrected chi connectivity index (χ1v) is 10.6. The maximum absolute atomic E-state index is 9.07. The lowest BCUT2D eigenvalue weighted by atomic mass is 10.1. The van der Waals surface area contributed by atoms with Crippen molar-refractivity contribution < 1.29 is 9.47 Å².